The highest BCUT2D eigenvalue weighted by Crippen LogP contribution is 2.38. The molecule has 114 valence electrons. The first kappa shape index (κ1) is 15.7. The zero-order valence-electron chi connectivity index (χ0n) is 12.5. The molecule has 0 aliphatic carbocycles. The Labute approximate surface area is 130 Å². The Balaban J connectivity index is 2.16. The molecule has 0 radical (unpaired) electrons. The zero-order valence-corrected chi connectivity index (χ0v) is 13.3. The molecule has 1 heterocycles. The Hall–Kier alpha value is -1.68. The van der Waals surface area contributed by atoms with Gasteiger partial charge in [-0.1, -0.05) is 11.6 Å². The lowest BCUT2D eigenvalue weighted by molar-refractivity contribution is -0.117. The van der Waals surface area contributed by atoms with E-state index in [9.17, 15) is 4.79 Å². The summed E-state index contributed by atoms with van der Waals surface area (Å²) in [5.74, 6) is 1.05. The van der Waals surface area contributed by atoms with E-state index in [2.05, 4.69) is 5.32 Å². The molecular weight excluding hydrogens is 290 g/mol. The average Bonchev–Trinajstić information content (AvgIpc) is 2.60. The van der Waals surface area contributed by atoms with E-state index >= 15 is 0 Å². The van der Waals surface area contributed by atoms with Crippen molar-refractivity contribution in [3.05, 3.63) is 28.8 Å². The minimum absolute atomic E-state index is 0.147. The first-order valence-corrected chi connectivity index (χ1v) is 7.32. The Morgan fingerprint density at radius 1 is 1.29 bits per heavy atom. The summed E-state index contributed by atoms with van der Waals surface area (Å²) in [7, 11) is 0. The van der Waals surface area contributed by atoms with Crippen LogP contribution in [-0.2, 0) is 4.79 Å². The van der Waals surface area contributed by atoms with Gasteiger partial charge in [0, 0.05) is 18.0 Å². The van der Waals surface area contributed by atoms with Crippen molar-refractivity contribution < 1.29 is 14.3 Å². The van der Waals surface area contributed by atoms with E-state index in [-0.39, 0.29) is 11.4 Å². The lowest BCUT2D eigenvalue weighted by atomic mass is 10.1. The summed E-state index contributed by atoms with van der Waals surface area (Å²) < 4.78 is 11.2. The molecule has 1 aromatic carbocycles. The van der Waals surface area contributed by atoms with Gasteiger partial charge >= 0.3 is 0 Å². The summed E-state index contributed by atoms with van der Waals surface area (Å²) in [6.07, 6.45) is 4.02. The van der Waals surface area contributed by atoms with Crippen molar-refractivity contribution in [3.63, 3.8) is 0 Å². The average molecular weight is 310 g/mol. The Morgan fingerprint density at radius 3 is 2.71 bits per heavy atom. The first-order chi connectivity index (χ1) is 9.85. The van der Waals surface area contributed by atoms with Gasteiger partial charge in [0.05, 0.1) is 18.2 Å². The molecule has 0 bridgehead atoms. The third kappa shape index (κ3) is 4.67. The van der Waals surface area contributed by atoms with Crippen LogP contribution in [0.2, 0.25) is 5.02 Å². The molecule has 0 spiro atoms. The van der Waals surface area contributed by atoms with Crippen molar-refractivity contribution in [1.29, 1.82) is 0 Å². The van der Waals surface area contributed by atoms with Crippen LogP contribution in [0.25, 0.3) is 6.08 Å². The van der Waals surface area contributed by atoms with Crippen LogP contribution >= 0.6 is 11.6 Å². The molecule has 4 nitrogen and oxygen atoms in total. The normalized spacial score (nSPS) is 14.9. The van der Waals surface area contributed by atoms with E-state index in [1.165, 1.54) is 6.08 Å². The molecule has 0 unspecified atom stereocenters. The van der Waals surface area contributed by atoms with Gasteiger partial charge < -0.3 is 14.8 Å². The number of fused-ring (bicyclic) bond motifs is 1. The molecular formula is C16H20ClNO3. The molecule has 1 aromatic rings. The van der Waals surface area contributed by atoms with Crippen LogP contribution in [0.3, 0.4) is 0 Å². The summed E-state index contributed by atoms with van der Waals surface area (Å²) >= 11 is 6.20. The molecule has 1 aliphatic rings. The van der Waals surface area contributed by atoms with E-state index in [0.29, 0.717) is 29.7 Å². The van der Waals surface area contributed by atoms with Gasteiger partial charge in [0.15, 0.2) is 11.5 Å². The van der Waals surface area contributed by atoms with Gasteiger partial charge in [0.25, 0.3) is 0 Å². The van der Waals surface area contributed by atoms with E-state index in [1.807, 2.05) is 26.8 Å². The van der Waals surface area contributed by atoms with Crippen LogP contribution < -0.4 is 14.8 Å². The van der Waals surface area contributed by atoms with Gasteiger partial charge in [0.2, 0.25) is 5.91 Å². The number of hydrogen-bond donors (Lipinski definition) is 1. The number of hydrogen-bond acceptors (Lipinski definition) is 3. The number of carbonyl (C=O) groups excluding carboxylic acids is 1. The van der Waals surface area contributed by atoms with E-state index in [0.717, 1.165) is 12.0 Å². The Bertz CT molecular complexity index is 561. The molecule has 5 heteroatoms. The highest BCUT2D eigenvalue weighted by atomic mass is 35.5. The monoisotopic (exact) mass is 309 g/mol. The number of carbonyl (C=O) groups is 1. The second-order valence-electron chi connectivity index (χ2n) is 5.95. The van der Waals surface area contributed by atoms with Gasteiger partial charge in [0.1, 0.15) is 0 Å². The Morgan fingerprint density at radius 2 is 2.00 bits per heavy atom. The number of halogens is 1. The minimum atomic E-state index is -0.260. The largest absolute Gasteiger partial charge is 0.489 e. The molecule has 0 atom stereocenters. The summed E-state index contributed by atoms with van der Waals surface area (Å²) in [5, 5.41) is 3.35. The molecule has 1 amide bonds. The topological polar surface area (TPSA) is 47.6 Å². The summed E-state index contributed by atoms with van der Waals surface area (Å²) in [4.78, 5) is 11.8. The second-order valence-corrected chi connectivity index (χ2v) is 6.36. The third-order valence-electron chi connectivity index (χ3n) is 2.75. The number of benzene rings is 1. The molecule has 0 saturated carbocycles. The van der Waals surface area contributed by atoms with E-state index in [4.69, 9.17) is 21.1 Å². The quantitative estimate of drug-likeness (QED) is 0.851. The van der Waals surface area contributed by atoms with Gasteiger partial charge in [-0.05, 0) is 44.5 Å². The van der Waals surface area contributed by atoms with E-state index < -0.39 is 0 Å². The van der Waals surface area contributed by atoms with Gasteiger partial charge in [-0.2, -0.15) is 0 Å². The molecule has 0 fully saturated rings. The molecule has 1 aliphatic heterocycles. The van der Waals surface area contributed by atoms with Crippen molar-refractivity contribution in [2.75, 3.05) is 13.2 Å². The van der Waals surface area contributed by atoms with Crippen LogP contribution in [0.1, 0.15) is 32.8 Å². The van der Waals surface area contributed by atoms with Crippen LogP contribution in [0.4, 0.5) is 0 Å². The number of rotatable bonds is 2. The van der Waals surface area contributed by atoms with Crippen LogP contribution in [0.5, 0.6) is 11.5 Å². The van der Waals surface area contributed by atoms with Crippen molar-refractivity contribution in [2.24, 2.45) is 0 Å². The van der Waals surface area contributed by atoms with Crippen molar-refractivity contribution in [2.45, 2.75) is 32.7 Å². The van der Waals surface area contributed by atoms with Crippen molar-refractivity contribution in [1.82, 2.24) is 5.32 Å². The highest BCUT2D eigenvalue weighted by Gasteiger charge is 2.15. The van der Waals surface area contributed by atoms with Gasteiger partial charge in [-0.25, -0.2) is 0 Å². The Kier molecular flexibility index (Phi) is 4.78. The molecule has 1 N–H and O–H groups in total. The standard InChI is InChI=1S/C16H20ClNO3/c1-16(2,3)18-14(19)6-5-11-9-12(17)15-13(10-11)20-7-4-8-21-15/h5-6,9-10H,4,7-8H2,1-3H3,(H,18,19). The summed E-state index contributed by atoms with van der Waals surface area (Å²) in [6, 6.07) is 3.59. The summed E-state index contributed by atoms with van der Waals surface area (Å²) in [5.41, 5.74) is 0.539. The maximum absolute atomic E-state index is 11.8. The second kappa shape index (κ2) is 6.39. The highest BCUT2D eigenvalue weighted by molar-refractivity contribution is 6.32. The SMILES string of the molecule is CC(C)(C)NC(=O)C=Cc1cc(Cl)c2c(c1)OCCCO2. The smallest absolute Gasteiger partial charge is 0.244 e. The molecule has 0 saturated heterocycles. The minimum Gasteiger partial charge on any atom is -0.489 e. The van der Waals surface area contributed by atoms with Crippen LogP contribution in [-0.4, -0.2) is 24.7 Å². The fourth-order valence-corrected chi connectivity index (χ4v) is 2.20. The third-order valence-corrected chi connectivity index (χ3v) is 3.03. The summed E-state index contributed by atoms with van der Waals surface area (Å²) in [6.45, 7) is 6.99. The maximum atomic E-state index is 11.8. The van der Waals surface area contributed by atoms with E-state index in [1.54, 1.807) is 12.1 Å². The van der Waals surface area contributed by atoms with Gasteiger partial charge in [-0.3, -0.25) is 4.79 Å². The maximum Gasteiger partial charge on any atom is 0.244 e. The molecule has 2 rings (SSSR count). The zero-order chi connectivity index (χ0) is 15.5. The van der Waals surface area contributed by atoms with Crippen molar-refractivity contribution >= 4 is 23.6 Å². The van der Waals surface area contributed by atoms with Crippen LogP contribution in [0.15, 0.2) is 18.2 Å². The number of ether oxygens (including phenoxy) is 2. The number of nitrogens with one attached hydrogen (secondary N) is 1. The number of amides is 1. The van der Waals surface area contributed by atoms with Crippen molar-refractivity contribution in [3.8, 4) is 11.5 Å². The molecule has 21 heavy (non-hydrogen) atoms. The lowest BCUT2D eigenvalue weighted by Crippen LogP contribution is -2.39. The van der Waals surface area contributed by atoms with Gasteiger partial charge in [-0.15, -0.1) is 0 Å². The van der Waals surface area contributed by atoms with Crippen LogP contribution in [0, 0.1) is 0 Å². The fourth-order valence-electron chi connectivity index (χ4n) is 1.93. The lowest BCUT2D eigenvalue weighted by Gasteiger charge is -2.19. The molecule has 0 aromatic heterocycles. The fraction of sp³-hybridized carbons (Fsp3) is 0.438. The predicted molar refractivity (Wildman–Crippen MR) is 84.0 cm³/mol. The predicted octanol–water partition coefficient (Wildman–Crippen LogP) is 3.43. The first-order valence-electron chi connectivity index (χ1n) is 6.94.